The fraction of sp³-hybridized carbons (Fsp3) is 0.808. The van der Waals surface area contributed by atoms with E-state index in [2.05, 4.69) is 25.4 Å². The summed E-state index contributed by atoms with van der Waals surface area (Å²) in [5.41, 5.74) is 0. The summed E-state index contributed by atoms with van der Waals surface area (Å²) in [4.78, 5) is 57.4. The summed E-state index contributed by atoms with van der Waals surface area (Å²) < 4.78 is 9.14. The van der Waals surface area contributed by atoms with Crippen molar-refractivity contribution in [2.45, 2.75) is 103 Å². The van der Waals surface area contributed by atoms with Crippen LogP contribution in [0.4, 0.5) is 0 Å². The Morgan fingerprint density at radius 1 is 0.417 bits per heavy atom. The van der Waals surface area contributed by atoms with E-state index in [1.54, 1.807) is 0 Å². The van der Waals surface area contributed by atoms with Crippen LogP contribution in [0.2, 0.25) is 0 Å². The van der Waals surface area contributed by atoms with Gasteiger partial charge in [-0.1, -0.05) is 19.3 Å². The molecule has 0 saturated carbocycles. The van der Waals surface area contributed by atoms with Gasteiger partial charge in [0.05, 0.1) is 14.2 Å². The fourth-order valence-corrected chi connectivity index (χ4v) is 3.45. The van der Waals surface area contributed by atoms with Crippen LogP contribution >= 0.6 is 0 Å². The number of hydrogen-bond acceptors (Lipinski definition) is 7. The van der Waals surface area contributed by atoms with Crippen molar-refractivity contribution in [2.24, 2.45) is 0 Å². The second-order valence-corrected chi connectivity index (χ2v) is 8.84. The Hall–Kier alpha value is -2.65. The Labute approximate surface area is 216 Å². The van der Waals surface area contributed by atoms with Crippen LogP contribution in [0.15, 0.2) is 0 Å². The van der Waals surface area contributed by atoms with Crippen LogP contribution in [0.3, 0.4) is 0 Å². The highest BCUT2D eigenvalue weighted by Crippen LogP contribution is 2.04. The molecule has 0 fully saturated rings. The number of amides is 3. The quantitative estimate of drug-likeness (QED) is 0.141. The molecule has 0 radical (unpaired) electrons. The van der Waals surface area contributed by atoms with Crippen LogP contribution in [-0.2, 0) is 33.4 Å². The molecule has 0 aromatic heterocycles. The van der Waals surface area contributed by atoms with Crippen LogP contribution in [0.1, 0.15) is 103 Å². The lowest BCUT2D eigenvalue weighted by molar-refractivity contribution is -0.141. The summed E-state index contributed by atoms with van der Waals surface area (Å²) in [6.45, 7) is 1.84. The summed E-state index contributed by atoms with van der Waals surface area (Å²) >= 11 is 0. The molecule has 0 bridgehead atoms. The van der Waals surface area contributed by atoms with Crippen LogP contribution in [0, 0.1) is 0 Å². The molecule has 0 aliphatic rings. The van der Waals surface area contributed by atoms with Crippen LogP contribution in [-0.4, -0.2) is 63.5 Å². The minimum atomic E-state index is -0.252. The van der Waals surface area contributed by atoms with E-state index < -0.39 is 0 Å². The van der Waals surface area contributed by atoms with Crippen LogP contribution in [0.25, 0.3) is 0 Å². The van der Waals surface area contributed by atoms with Gasteiger partial charge >= 0.3 is 11.9 Å². The molecule has 0 aromatic rings. The summed E-state index contributed by atoms with van der Waals surface area (Å²) in [7, 11) is 2.74. The van der Waals surface area contributed by atoms with Gasteiger partial charge in [-0.25, -0.2) is 0 Å². The third kappa shape index (κ3) is 23.1. The second-order valence-electron chi connectivity index (χ2n) is 8.84. The van der Waals surface area contributed by atoms with Gasteiger partial charge in [-0.2, -0.15) is 0 Å². The Balaban J connectivity index is 3.42. The molecule has 0 spiro atoms. The number of esters is 2. The van der Waals surface area contributed by atoms with E-state index in [4.69, 9.17) is 0 Å². The van der Waals surface area contributed by atoms with E-state index in [-0.39, 0.29) is 29.7 Å². The van der Waals surface area contributed by atoms with E-state index in [1.807, 2.05) is 0 Å². The van der Waals surface area contributed by atoms with Crippen molar-refractivity contribution in [3.8, 4) is 0 Å². The van der Waals surface area contributed by atoms with Crippen molar-refractivity contribution in [2.75, 3.05) is 33.9 Å². The Morgan fingerprint density at radius 3 is 1.03 bits per heavy atom. The maximum absolute atomic E-state index is 11.9. The predicted molar refractivity (Wildman–Crippen MR) is 137 cm³/mol. The molecular formula is C26H47N3O7. The Kier molecular flexibility index (Phi) is 22.3. The standard InChI is InChI=1S/C26H47N3O7/c1-35-25(33)17-8-5-13-21-28-23(31)15-6-3-11-19-27-22(30)14-7-4-12-20-29-24(32)16-9-10-18-26(34)36-2/h3-21H2,1-2H3,(H,27,30)(H,28,31)(H,29,32). The summed E-state index contributed by atoms with van der Waals surface area (Å²) in [6, 6.07) is 0. The molecular weight excluding hydrogens is 466 g/mol. The molecule has 208 valence electrons. The van der Waals surface area contributed by atoms with E-state index >= 15 is 0 Å². The van der Waals surface area contributed by atoms with Crippen molar-refractivity contribution in [3.05, 3.63) is 0 Å². The van der Waals surface area contributed by atoms with E-state index in [0.717, 1.165) is 57.8 Å². The molecule has 0 aromatic carbocycles. The van der Waals surface area contributed by atoms with E-state index in [1.165, 1.54) is 14.2 Å². The lowest BCUT2D eigenvalue weighted by atomic mass is 10.1. The number of ether oxygens (including phenoxy) is 2. The maximum Gasteiger partial charge on any atom is 0.305 e. The van der Waals surface area contributed by atoms with Crippen molar-refractivity contribution in [3.63, 3.8) is 0 Å². The molecule has 3 amide bonds. The summed E-state index contributed by atoms with van der Waals surface area (Å²) in [6.07, 6.45) is 10.9. The van der Waals surface area contributed by atoms with Gasteiger partial charge < -0.3 is 25.4 Å². The number of nitrogens with one attached hydrogen (secondary N) is 3. The molecule has 0 rings (SSSR count). The molecule has 0 heterocycles. The van der Waals surface area contributed by atoms with Crippen LogP contribution < -0.4 is 16.0 Å². The number of unbranched alkanes of at least 4 members (excludes halogenated alkanes) is 7. The number of carbonyl (C=O) groups excluding carboxylic acids is 5. The van der Waals surface area contributed by atoms with Gasteiger partial charge in [0.25, 0.3) is 0 Å². The Bertz CT molecular complexity index is 641. The molecule has 0 saturated heterocycles. The zero-order chi connectivity index (χ0) is 26.9. The molecule has 0 aliphatic carbocycles. The second kappa shape index (κ2) is 24.1. The largest absolute Gasteiger partial charge is 0.469 e. The topological polar surface area (TPSA) is 140 Å². The van der Waals surface area contributed by atoms with Crippen molar-refractivity contribution < 1.29 is 33.4 Å². The summed E-state index contributed by atoms with van der Waals surface area (Å²) in [5.74, 6) is -0.383. The first-order chi connectivity index (χ1) is 17.4. The van der Waals surface area contributed by atoms with Gasteiger partial charge in [0.2, 0.25) is 17.7 Å². The third-order valence-electron chi connectivity index (χ3n) is 5.68. The fourth-order valence-electron chi connectivity index (χ4n) is 3.45. The number of methoxy groups -OCH3 is 2. The molecule has 10 nitrogen and oxygen atoms in total. The van der Waals surface area contributed by atoms with E-state index in [0.29, 0.717) is 64.6 Å². The highest BCUT2D eigenvalue weighted by molar-refractivity contribution is 5.76. The monoisotopic (exact) mass is 513 g/mol. The zero-order valence-electron chi connectivity index (χ0n) is 22.3. The van der Waals surface area contributed by atoms with Gasteiger partial charge in [0, 0.05) is 51.7 Å². The van der Waals surface area contributed by atoms with Gasteiger partial charge in [-0.05, 0) is 51.4 Å². The van der Waals surface area contributed by atoms with Gasteiger partial charge in [0.1, 0.15) is 0 Å². The lowest BCUT2D eigenvalue weighted by Crippen LogP contribution is -2.25. The molecule has 0 atom stereocenters. The SMILES string of the molecule is COC(=O)CCCCCNC(=O)CCCCCNC(=O)CCCCCNC(=O)CCCCC(=O)OC. The van der Waals surface area contributed by atoms with Crippen molar-refractivity contribution in [1.29, 1.82) is 0 Å². The first-order valence-electron chi connectivity index (χ1n) is 13.3. The average molecular weight is 514 g/mol. The smallest absolute Gasteiger partial charge is 0.305 e. The van der Waals surface area contributed by atoms with Gasteiger partial charge in [-0.3, -0.25) is 24.0 Å². The summed E-state index contributed by atoms with van der Waals surface area (Å²) in [5, 5.41) is 8.66. The molecule has 10 heteroatoms. The third-order valence-corrected chi connectivity index (χ3v) is 5.68. The first kappa shape index (κ1) is 33.4. The highest BCUT2D eigenvalue weighted by Gasteiger charge is 2.05. The van der Waals surface area contributed by atoms with Crippen LogP contribution in [0.5, 0.6) is 0 Å². The first-order valence-corrected chi connectivity index (χ1v) is 13.3. The molecule has 0 unspecified atom stereocenters. The lowest BCUT2D eigenvalue weighted by Gasteiger charge is -2.07. The van der Waals surface area contributed by atoms with E-state index in [9.17, 15) is 24.0 Å². The normalized spacial score (nSPS) is 10.4. The van der Waals surface area contributed by atoms with Crippen molar-refractivity contribution in [1.82, 2.24) is 16.0 Å². The van der Waals surface area contributed by atoms with Crippen molar-refractivity contribution >= 4 is 29.7 Å². The minimum absolute atomic E-state index is 0.0115. The zero-order valence-corrected chi connectivity index (χ0v) is 22.3. The highest BCUT2D eigenvalue weighted by atomic mass is 16.5. The number of carbonyl (C=O) groups is 5. The predicted octanol–water partition coefficient (Wildman–Crippen LogP) is 2.92. The number of rotatable bonds is 23. The average Bonchev–Trinajstić information content (AvgIpc) is 2.87. The Morgan fingerprint density at radius 2 is 0.694 bits per heavy atom. The van der Waals surface area contributed by atoms with Gasteiger partial charge in [0.15, 0.2) is 0 Å². The van der Waals surface area contributed by atoms with Gasteiger partial charge in [-0.15, -0.1) is 0 Å². The minimum Gasteiger partial charge on any atom is -0.469 e. The molecule has 0 aliphatic heterocycles. The maximum atomic E-state index is 11.9. The molecule has 3 N–H and O–H groups in total. The molecule has 36 heavy (non-hydrogen) atoms. The number of hydrogen-bond donors (Lipinski definition) is 3.